The third kappa shape index (κ3) is 3.08. The Hall–Kier alpha value is -1.53. The molecule has 5 nitrogen and oxygen atoms in total. The van der Waals surface area contributed by atoms with Crippen LogP contribution in [-0.2, 0) is 11.1 Å². The molecule has 1 aromatic rings. The second-order valence-corrected chi connectivity index (χ2v) is 5.39. The van der Waals surface area contributed by atoms with Crippen LogP contribution in [0.5, 0.6) is 0 Å². The van der Waals surface area contributed by atoms with E-state index < -0.39 is 11.1 Å². The van der Waals surface area contributed by atoms with Crippen LogP contribution in [0.2, 0.25) is 0 Å². The van der Waals surface area contributed by atoms with Crippen molar-refractivity contribution < 1.29 is 18.4 Å². The van der Waals surface area contributed by atoms with Gasteiger partial charge in [-0.25, -0.2) is 0 Å². The number of imide groups is 1. The molecule has 0 saturated heterocycles. The van der Waals surface area contributed by atoms with E-state index in [1.807, 2.05) is 0 Å². The summed E-state index contributed by atoms with van der Waals surface area (Å²) >= 11 is -2.01. The summed E-state index contributed by atoms with van der Waals surface area (Å²) in [4.78, 5) is 25.2. The van der Waals surface area contributed by atoms with Crippen LogP contribution >= 0.6 is 0 Å². The molecule has 0 aromatic heterocycles. The zero-order valence-electron chi connectivity index (χ0n) is 10.3. The minimum atomic E-state index is -2.01. The van der Waals surface area contributed by atoms with Crippen molar-refractivity contribution in [1.29, 1.82) is 0 Å². The Morgan fingerprint density at radius 1 is 1.00 bits per heavy atom. The van der Waals surface area contributed by atoms with E-state index in [2.05, 4.69) is 0 Å². The fourth-order valence-electron chi connectivity index (χ4n) is 2.11. The number of amides is 2. The Morgan fingerprint density at radius 3 is 2.11 bits per heavy atom. The van der Waals surface area contributed by atoms with Gasteiger partial charge in [0.1, 0.15) is 0 Å². The molecule has 0 N–H and O–H groups in total. The molecular formula is C13H14NO4S-. The first-order chi connectivity index (χ1) is 9.11. The van der Waals surface area contributed by atoms with E-state index in [-0.39, 0.29) is 17.6 Å². The van der Waals surface area contributed by atoms with Crippen molar-refractivity contribution in [2.24, 2.45) is 0 Å². The summed E-state index contributed by atoms with van der Waals surface area (Å²) in [6.45, 7) is 0.345. The number of carbonyl (C=O) groups is 2. The molecule has 0 aliphatic carbocycles. The summed E-state index contributed by atoms with van der Waals surface area (Å²) in [6.07, 6.45) is 1.86. The lowest BCUT2D eigenvalue weighted by molar-refractivity contribution is 0.0651. The smallest absolute Gasteiger partial charge is 0.261 e. The molecule has 2 amide bonds. The van der Waals surface area contributed by atoms with E-state index in [0.717, 1.165) is 0 Å². The van der Waals surface area contributed by atoms with Crippen molar-refractivity contribution in [2.45, 2.75) is 19.3 Å². The van der Waals surface area contributed by atoms with E-state index >= 15 is 0 Å². The SMILES string of the molecule is O=C1c2ccccc2C(=O)N1CCCCCS(=O)[O-]. The zero-order chi connectivity index (χ0) is 13.8. The summed E-state index contributed by atoms with van der Waals surface area (Å²) in [6, 6.07) is 6.76. The molecule has 0 radical (unpaired) electrons. The van der Waals surface area contributed by atoms with Crippen molar-refractivity contribution in [3.05, 3.63) is 35.4 Å². The molecule has 1 aliphatic heterocycles. The molecule has 1 atom stereocenters. The standard InChI is InChI=1S/C13H15NO4S/c15-12-10-6-2-3-7-11(10)13(16)14(12)8-4-1-5-9-19(17)18/h2-3,6-7H,1,4-5,8-9H2,(H,17,18)/p-1. The summed E-state index contributed by atoms with van der Waals surface area (Å²) in [5.74, 6) is -0.386. The maximum Gasteiger partial charge on any atom is 0.261 e. The minimum absolute atomic E-state index is 0.127. The molecule has 1 aliphatic rings. The first-order valence-corrected chi connectivity index (χ1v) is 7.37. The quantitative estimate of drug-likeness (QED) is 0.447. The number of hydrogen-bond donors (Lipinski definition) is 0. The van der Waals surface area contributed by atoms with E-state index in [1.165, 1.54) is 4.90 Å². The highest BCUT2D eigenvalue weighted by Gasteiger charge is 2.34. The molecule has 1 heterocycles. The molecule has 2 rings (SSSR count). The highest BCUT2D eigenvalue weighted by atomic mass is 32.2. The maximum absolute atomic E-state index is 12.0. The highest BCUT2D eigenvalue weighted by molar-refractivity contribution is 7.79. The Kier molecular flexibility index (Phi) is 4.44. The maximum atomic E-state index is 12.0. The van der Waals surface area contributed by atoms with Crippen molar-refractivity contribution >= 4 is 22.9 Å². The number of hydrogen-bond acceptors (Lipinski definition) is 4. The Morgan fingerprint density at radius 2 is 1.58 bits per heavy atom. The molecule has 1 aromatic carbocycles. The predicted molar refractivity (Wildman–Crippen MR) is 69.4 cm³/mol. The van der Waals surface area contributed by atoms with Gasteiger partial charge < -0.3 is 4.55 Å². The normalized spacial score (nSPS) is 15.7. The molecule has 1 unspecified atom stereocenters. The highest BCUT2D eigenvalue weighted by Crippen LogP contribution is 2.22. The number of nitrogens with zero attached hydrogens (tertiary/aromatic N) is 1. The number of fused-ring (bicyclic) bond motifs is 1. The Bertz CT molecular complexity index is 494. The third-order valence-electron chi connectivity index (χ3n) is 3.07. The summed E-state index contributed by atoms with van der Waals surface area (Å²) in [5.41, 5.74) is 0.904. The van der Waals surface area contributed by atoms with Gasteiger partial charge in [0.2, 0.25) is 0 Å². The van der Waals surface area contributed by atoms with Gasteiger partial charge in [0, 0.05) is 12.3 Å². The Labute approximate surface area is 113 Å². The molecule has 0 spiro atoms. The lowest BCUT2D eigenvalue weighted by Gasteiger charge is -2.13. The number of unbranched alkanes of at least 4 members (excludes halogenated alkanes) is 2. The average molecular weight is 280 g/mol. The molecule has 19 heavy (non-hydrogen) atoms. The average Bonchev–Trinajstić information content (AvgIpc) is 2.63. The number of rotatable bonds is 6. The minimum Gasteiger partial charge on any atom is -0.772 e. The van der Waals surface area contributed by atoms with E-state index in [1.54, 1.807) is 24.3 Å². The van der Waals surface area contributed by atoms with Gasteiger partial charge in [-0.1, -0.05) is 29.6 Å². The monoisotopic (exact) mass is 280 g/mol. The fraction of sp³-hybridized carbons (Fsp3) is 0.385. The molecular weight excluding hydrogens is 266 g/mol. The zero-order valence-corrected chi connectivity index (χ0v) is 11.1. The van der Waals surface area contributed by atoms with Crippen molar-refractivity contribution in [3.8, 4) is 0 Å². The van der Waals surface area contributed by atoms with Crippen LogP contribution in [0.1, 0.15) is 40.0 Å². The van der Waals surface area contributed by atoms with Crippen LogP contribution in [-0.4, -0.2) is 37.8 Å². The van der Waals surface area contributed by atoms with Crippen molar-refractivity contribution in [3.63, 3.8) is 0 Å². The molecule has 102 valence electrons. The van der Waals surface area contributed by atoms with Gasteiger partial charge in [0.25, 0.3) is 11.8 Å². The summed E-state index contributed by atoms with van der Waals surface area (Å²) in [7, 11) is 0. The fourth-order valence-corrected chi connectivity index (χ4v) is 2.55. The predicted octanol–water partition coefficient (Wildman–Crippen LogP) is 1.33. The van der Waals surface area contributed by atoms with Gasteiger partial charge in [-0.15, -0.1) is 0 Å². The van der Waals surface area contributed by atoms with Gasteiger partial charge in [0.15, 0.2) is 0 Å². The topological polar surface area (TPSA) is 77.5 Å². The van der Waals surface area contributed by atoms with Gasteiger partial charge >= 0.3 is 0 Å². The first-order valence-electron chi connectivity index (χ1n) is 6.12. The first kappa shape index (κ1) is 13.9. The summed E-state index contributed by atoms with van der Waals surface area (Å²) in [5, 5.41) is 0. The van der Waals surface area contributed by atoms with Crippen molar-refractivity contribution in [1.82, 2.24) is 4.90 Å². The second kappa shape index (κ2) is 6.08. The molecule has 0 fully saturated rings. The van der Waals surface area contributed by atoms with Crippen LogP contribution in [0.25, 0.3) is 0 Å². The van der Waals surface area contributed by atoms with E-state index in [9.17, 15) is 18.4 Å². The van der Waals surface area contributed by atoms with Gasteiger partial charge in [0.05, 0.1) is 11.1 Å². The van der Waals surface area contributed by atoms with Crippen LogP contribution in [0.3, 0.4) is 0 Å². The van der Waals surface area contributed by atoms with E-state index in [4.69, 9.17) is 0 Å². The Balaban J connectivity index is 1.88. The van der Waals surface area contributed by atoms with Gasteiger partial charge in [-0.2, -0.15) is 0 Å². The lowest BCUT2D eigenvalue weighted by atomic mass is 10.1. The van der Waals surface area contributed by atoms with Crippen LogP contribution in [0.15, 0.2) is 24.3 Å². The lowest BCUT2D eigenvalue weighted by Crippen LogP contribution is -2.30. The number of benzene rings is 1. The van der Waals surface area contributed by atoms with Crippen LogP contribution in [0, 0.1) is 0 Å². The van der Waals surface area contributed by atoms with Crippen molar-refractivity contribution in [2.75, 3.05) is 12.3 Å². The van der Waals surface area contributed by atoms with Crippen LogP contribution < -0.4 is 0 Å². The second-order valence-electron chi connectivity index (χ2n) is 4.38. The molecule has 0 bridgehead atoms. The summed E-state index contributed by atoms with van der Waals surface area (Å²) < 4.78 is 20.7. The van der Waals surface area contributed by atoms with Gasteiger partial charge in [-0.05, 0) is 25.0 Å². The third-order valence-corrected chi connectivity index (χ3v) is 3.69. The molecule has 0 saturated carbocycles. The van der Waals surface area contributed by atoms with Gasteiger partial charge in [-0.3, -0.25) is 18.7 Å². The van der Waals surface area contributed by atoms with E-state index in [0.29, 0.717) is 36.9 Å². The number of carbonyl (C=O) groups excluding carboxylic acids is 2. The van der Waals surface area contributed by atoms with Crippen LogP contribution in [0.4, 0.5) is 0 Å². The molecule has 6 heteroatoms. The largest absolute Gasteiger partial charge is 0.772 e.